The van der Waals surface area contributed by atoms with Gasteiger partial charge < -0.3 is 9.72 Å². The molecule has 0 aromatic carbocycles. The van der Waals surface area contributed by atoms with Gasteiger partial charge in [-0.1, -0.05) is 24.8 Å². The van der Waals surface area contributed by atoms with Gasteiger partial charge in [0.15, 0.2) is 5.90 Å². The van der Waals surface area contributed by atoms with Crippen molar-refractivity contribution in [3.8, 4) is 0 Å². The van der Waals surface area contributed by atoms with Crippen molar-refractivity contribution in [2.75, 3.05) is 6.61 Å². The quantitative estimate of drug-likeness (QED) is 0.511. The smallest absolute Gasteiger partial charge is 0.660 e. The maximum absolute atomic E-state index is 5.39. The van der Waals surface area contributed by atoms with Crippen molar-refractivity contribution in [1.29, 1.82) is 0 Å². The number of aromatic nitrogens is 1. The van der Waals surface area contributed by atoms with Crippen LogP contribution >= 0.6 is 0 Å². The van der Waals surface area contributed by atoms with Crippen LogP contribution in [0.3, 0.4) is 0 Å². The average molecular weight is 186 g/mol. The van der Waals surface area contributed by atoms with Crippen molar-refractivity contribution in [3.63, 3.8) is 0 Å². The van der Waals surface area contributed by atoms with Gasteiger partial charge in [-0.3, -0.25) is 0 Å². The van der Waals surface area contributed by atoms with Crippen molar-refractivity contribution in [1.82, 2.24) is 4.98 Å². The molecule has 0 spiro atoms. The maximum atomic E-state index is 5.39. The third-order valence-corrected chi connectivity index (χ3v) is 1.96. The van der Waals surface area contributed by atoms with Gasteiger partial charge in [0.2, 0.25) is 0 Å². The average Bonchev–Trinajstić information content (AvgIpc) is 2.75. The Morgan fingerprint density at radius 1 is 1.69 bits per heavy atom. The SMILES string of the molecule is CC[C@@H]1COC(c2ccc[n-]2)=N1.[Na+]. The number of nitrogens with zero attached hydrogens (tertiary/aromatic N) is 2. The molecule has 1 aromatic rings. The standard InChI is InChI=1S/C9H11N2O.Na/c1-2-7-6-12-9(11-7)8-4-3-5-10-8;/h3-5,7H,2,6H2,1H3;/q-1;+1/t7-;/m1./s1. The van der Waals surface area contributed by atoms with E-state index in [1.165, 1.54) is 0 Å². The first kappa shape index (κ1) is 10.8. The minimum Gasteiger partial charge on any atom is -0.660 e. The molecule has 0 saturated heterocycles. The van der Waals surface area contributed by atoms with Crippen molar-refractivity contribution in [2.45, 2.75) is 19.4 Å². The summed E-state index contributed by atoms with van der Waals surface area (Å²) in [7, 11) is 0. The van der Waals surface area contributed by atoms with Crippen molar-refractivity contribution < 1.29 is 34.3 Å². The molecule has 0 amide bonds. The van der Waals surface area contributed by atoms with E-state index in [4.69, 9.17) is 4.74 Å². The molecule has 1 aliphatic rings. The van der Waals surface area contributed by atoms with Crippen LogP contribution in [0.5, 0.6) is 0 Å². The van der Waals surface area contributed by atoms with Crippen LogP contribution in [-0.2, 0) is 4.74 Å². The van der Waals surface area contributed by atoms with E-state index in [1.54, 1.807) is 6.20 Å². The van der Waals surface area contributed by atoms with Gasteiger partial charge in [0.25, 0.3) is 0 Å². The first-order valence-corrected chi connectivity index (χ1v) is 4.19. The zero-order valence-corrected chi connectivity index (χ0v) is 10.0. The molecule has 0 unspecified atom stereocenters. The largest absolute Gasteiger partial charge is 1.00 e. The van der Waals surface area contributed by atoms with Gasteiger partial charge in [0.05, 0.1) is 6.04 Å². The Kier molecular flexibility index (Phi) is 4.03. The predicted molar refractivity (Wildman–Crippen MR) is 46.3 cm³/mol. The normalized spacial score (nSPS) is 20.4. The number of hydrogen-bond acceptors (Lipinski definition) is 2. The summed E-state index contributed by atoms with van der Waals surface area (Å²) >= 11 is 0. The molecule has 3 nitrogen and oxygen atoms in total. The van der Waals surface area contributed by atoms with E-state index in [1.807, 2.05) is 12.1 Å². The van der Waals surface area contributed by atoms with Crippen molar-refractivity contribution in [2.24, 2.45) is 4.99 Å². The zero-order valence-electron chi connectivity index (χ0n) is 8.03. The fourth-order valence-corrected chi connectivity index (χ4v) is 1.19. The van der Waals surface area contributed by atoms with Crippen LogP contribution in [0, 0.1) is 0 Å². The minimum atomic E-state index is 0. The fraction of sp³-hybridized carbons (Fsp3) is 0.444. The Morgan fingerprint density at radius 3 is 3.08 bits per heavy atom. The topological polar surface area (TPSA) is 35.7 Å². The van der Waals surface area contributed by atoms with Crippen LogP contribution < -0.4 is 34.5 Å². The molecular formula is C9H11N2NaO. The molecule has 1 aromatic heterocycles. The molecule has 0 aliphatic carbocycles. The number of hydrogen-bond donors (Lipinski definition) is 0. The van der Waals surface area contributed by atoms with E-state index in [-0.39, 0.29) is 29.6 Å². The number of ether oxygens (including phenoxy) is 1. The second-order valence-electron chi connectivity index (χ2n) is 2.83. The van der Waals surface area contributed by atoms with Gasteiger partial charge >= 0.3 is 29.6 Å². The molecular weight excluding hydrogens is 175 g/mol. The maximum Gasteiger partial charge on any atom is 1.00 e. The van der Waals surface area contributed by atoms with Crippen LogP contribution in [0.15, 0.2) is 23.3 Å². The second-order valence-corrected chi connectivity index (χ2v) is 2.83. The van der Waals surface area contributed by atoms with Gasteiger partial charge in [-0.2, -0.15) is 6.20 Å². The first-order chi connectivity index (χ1) is 5.90. The molecule has 0 N–H and O–H groups in total. The summed E-state index contributed by atoms with van der Waals surface area (Å²) in [6.07, 6.45) is 2.78. The first-order valence-electron chi connectivity index (χ1n) is 4.19. The van der Waals surface area contributed by atoms with Gasteiger partial charge in [0.1, 0.15) is 6.61 Å². The molecule has 0 fully saturated rings. The molecule has 2 heterocycles. The molecule has 0 saturated carbocycles. The molecule has 2 rings (SSSR count). The van der Waals surface area contributed by atoms with Crippen molar-refractivity contribution in [3.05, 3.63) is 24.0 Å². The van der Waals surface area contributed by atoms with Gasteiger partial charge in [-0.25, -0.2) is 4.99 Å². The summed E-state index contributed by atoms with van der Waals surface area (Å²) < 4.78 is 5.39. The Morgan fingerprint density at radius 2 is 2.54 bits per heavy atom. The summed E-state index contributed by atoms with van der Waals surface area (Å²) in [5.41, 5.74) is 0.853. The molecule has 64 valence electrons. The fourth-order valence-electron chi connectivity index (χ4n) is 1.19. The number of rotatable bonds is 2. The molecule has 13 heavy (non-hydrogen) atoms. The Labute approximate surface area is 99.9 Å². The number of aliphatic imine (C=N–C) groups is 1. The Hall–Kier alpha value is -0.250. The summed E-state index contributed by atoms with van der Waals surface area (Å²) in [6.45, 7) is 2.82. The van der Waals surface area contributed by atoms with E-state index in [0.717, 1.165) is 12.1 Å². The second kappa shape index (κ2) is 4.84. The van der Waals surface area contributed by atoms with Crippen LogP contribution in [0.25, 0.3) is 0 Å². The minimum absolute atomic E-state index is 0. The van der Waals surface area contributed by atoms with Gasteiger partial charge in [0, 0.05) is 0 Å². The van der Waals surface area contributed by atoms with Gasteiger partial charge in [-0.15, -0.1) is 0 Å². The van der Waals surface area contributed by atoms with Crippen LogP contribution in [0.1, 0.15) is 19.0 Å². The van der Waals surface area contributed by atoms with Crippen LogP contribution in [-0.4, -0.2) is 18.5 Å². The molecule has 1 aliphatic heterocycles. The predicted octanol–water partition coefficient (Wildman–Crippen LogP) is -1.80. The monoisotopic (exact) mass is 186 g/mol. The summed E-state index contributed by atoms with van der Waals surface area (Å²) in [4.78, 5) is 8.49. The molecule has 1 atom stereocenters. The van der Waals surface area contributed by atoms with Crippen LogP contribution in [0.4, 0.5) is 0 Å². The van der Waals surface area contributed by atoms with Crippen molar-refractivity contribution >= 4 is 5.90 Å². The Bertz CT molecular complexity index is 282. The van der Waals surface area contributed by atoms with E-state index >= 15 is 0 Å². The van der Waals surface area contributed by atoms with E-state index in [0.29, 0.717) is 18.5 Å². The summed E-state index contributed by atoms with van der Waals surface area (Å²) in [5, 5.41) is 0. The zero-order chi connectivity index (χ0) is 8.39. The molecule has 0 bridgehead atoms. The van der Waals surface area contributed by atoms with E-state index in [9.17, 15) is 0 Å². The molecule has 0 radical (unpaired) electrons. The Balaban J connectivity index is 0.000000845. The molecule has 4 heteroatoms. The third kappa shape index (κ3) is 2.36. The summed E-state index contributed by atoms with van der Waals surface area (Å²) in [5.74, 6) is 0.701. The summed E-state index contributed by atoms with van der Waals surface area (Å²) in [6, 6.07) is 4.13. The van der Waals surface area contributed by atoms with Gasteiger partial charge in [-0.05, 0) is 6.42 Å². The third-order valence-electron chi connectivity index (χ3n) is 1.96. The van der Waals surface area contributed by atoms with Crippen LogP contribution in [0.2, 0.25) is 0 Å². The van der Waals surface area contributed by atoms with E-state index < -0.39 is 0 Å². The van der Waals surface area contributed by atoms with E-state index in [2.05, 4.69) is 16.9 Å².